The van der Waals surface area contributed by atoms with Crippen molar-refractivity contribution >= 4 is 35.8 Å². The second-order valence-electron chi connectivity index (χ2n) is 7.04. The van der Waals surface area contributed by atoms with Crippen molar-refractivity contribution in [3.63, 3.8) is 0 Å². The van der Waals surface area contributed by atoms with Crippen molar-refractivity contribution in [3.8, 4) is 0 Å². The molecule has 1 aliphatic heterocycles. The first-order chi connectivity index (χ1) is 11.9. The van der Waals surface area contributed by atoms with Crippen molar-refractivity contribution in [1.29, 1.82) is 0 Å². The number of nitrogens with one attached hydrogen (secondary N) is 2. The van der Waals surface area contributed by atoms with Gasteiger partial charge in [0.25, 0.3) is 0 Å². The van der Waals surface area contributed by atoms with Crippen LogP contribution in [0.1, 0.15) is 40.0 Å². The number of guanidine groups is 1. The van der Waals surface area contributed by atoms with Crippen molar-refractivity contribution in [3.05, 3.63) is 0 Å². The minimum absolute atomic E-state index is 0. The van der Waals surface area contributed by atoms with E-state index in [1.807, 2.05) is 13.8 Å². The van der Waals surface area contributed by atoms with Gasteiger partial charge < -0.3 is 25.0 Å². The Bertz CT molecular complexity index is 425. The first-order valence-electron chi connectivity index (χ1n) is 9.30. The van der Waals surface area contributed by atoms with Gasteiger partial charge in [0, 0.05) is 47.0 Å². The van der Waals surface area contributed by atoms with Crippen molar-refractivity contribution < 1.29 is 14.3 Å². The largest absolute Gasteiger partial charge is 0.385 e. The number of aliphatic imine (C=N–C) groups is 1. The third-order valence-electron chi connectivity index (χ3n) is 4.39. The lowest BCUT2D eigenvalue weighted by atomic mass is 9.93. The average Bonchev–Trinajstić information content (AvgIpc) is 2.62. The number of likely N-dealkylation sites (tertiary alicyclic amines) is 1. The SMILES string of the molecule is CCNC(=NCC(C)(C)C(=O)NC)N1CCC(OCCCOC)CC1.I. The number of carbonyl (C=O) groups excluding carboxylic acids is 1. The molecule has 26 heavy (non-hydrogen) atoms. The van der Waals surface area contributed by atoms with Gasteiger partial charge in [-0.2, -0.15) is 0 Å². The molecule has 154 valence electrons. The zero-order chi connectivity index (χ0) is 18.7. The maximum atomic E-state index is 11.9. The van der Waals surface area contributed by atoms with Crippen LogP contribution < -0.4 is 10.6 Å². The summed E-state index contributed by atoms with van der Waals surface area (Å²) in [6.45, 7) is 10.5. The van der Waals surface area contributed by atoms with E-state index in [1.165, 1.54) is 0 Å². The molecule has 0 aromatic rings. The number of halogens is 1. The Labute approximate surface area is 175 Å². The fourth-order valence-corrected chi connectivity index (χ4v) is 2.80. The number of piperidine rings is 1. The zero-order valence-corrected chi connectivity index (χ0v) is 19.3. The Morgan fingerprint density at radius 3 is 2.46 bits per heavy atom. The van der Waals surface area contributed by atoms with Gasteiger partial charge in [-0.15, -0.1) is 24.0 Å². The summed E-state index contributed by atoms with van der Waals surface area (Å²) in [5.41, 5.74) is -0.516. The summed E-state index contributed by atoms with van der Waals surface area (Å²) < 4.78 is 11.0. The molecular weight excluding hydrogens is 447 g/mol. The molecule has 1 fully saturated rings. The Hall–Kier alpha value is -0.610. The lowest BCUT2D eigenvalue weighted by molar-refractivity contribution is -0.128. The van der Waals surface area contributed by atoms with Crippen molar-refractivity contribution in [2.45, 2.75) is 46.1 Å². The van der Waals surface area contributed by atoms with Gasteiger partial charge >= 0.3 is 0 Å². The summed E-state index contributed by atoms with van der Waals surface area (Å²) in [6.07, 6.45) is 3.25. The van der Waals surface area contributed by atoms with E-state index in [2.05, 4.69) is 22.5 Å². The third kappa shape index (κ3) is 8.85. The smallest absolute Gasteiger partial charge is 0.227 e. The van der Waals surface area contributed by atoms with Crippen LogP contribution in [0.3, 0.4) is 0 Å². The van der Waals surface area contributed by atoms with Gasteiger partial charge in [0.1, 0.15) is 0 Å². The molecule has 1 heterocycles. The maximum absolute atomic E-state index is 11.9. The number of ether oxygens (including phenoxy) is 2. The average molecular weight is 484 g/mol. The Morgan fingerprint density at radius 1 is 1.27 bits per heavy atom. The predicted molar refractivity (Wildman–Crippen MR) is 116 cm³/mol. The molecule has 0 bridgehead atoms. The molecule has 1 saturated heterocycles. The number of methoxy groups -OCH3 is 1. The van der Waals surface area contributed by atoms with E-state index >= 15 is 0 Å². The molecule has 0 aliphatic carbocycles. The molecule has 0 saturated carbocycles. The van der Waals surface area contributed by atoms with E-state index in [1.54, 1.807) is 14.2 Å². The highest BCUT2D eigenvalue weighted by atomic mass is 127. The summed E-state index contributed by atoms with van der Waals surface area (Å²) in [5, 5.41) is 6.05. The highest BCUT2D eigenvalue weighted by Gasteiger charge is 2.27. The molecule has 0 aromatic heterocycles. The zero-order valence-electron chi connectivity index (χ0n) is 17.0. The quantitative estimate of drug-likeness (QED) is 0.226. The molecule has 0 spiro atoms. The second kappa shape index (κ2) is 13.5. The topological polar surface area (TPSA) is 75.2 Å². The summed E-state index contributed by atoms with van der Waals surface area (Å²) in [5.74, 6) is 0.896. The number of amides is 1. The van der Waals surface area contributed by atoms with E-state index in [0.717, 1.165) is 58.1 Å². The standard InChI is InChI=1S/C18H36N4O3.HI/c1-6-20-17(21-14-18(2,3)16(23)19-4)22-10-8-15(9-11-22)25-13-7-12-24-5;/h15H,6-14H2,1-5H3,(H,19,23)(H,20,21);1H. The van der Waals surface area contributed by atoms with E-state index in [-0.39, 0.29) is 29.9 Å². The Kier molecular flexibility index (Phi) is 13.2. The van der Waals surface area contributed by atoms with Gasteiger partial charge in [-0.25, -0.2) is 0 Å². The highest BCUT2D eigenvalue weighted by Crippen LogP contribution is 2.17. The van der Waals surface area contributed by atoms with Gasteiger partial charge in [-0.05, 0) is 40.0 Å². The van der Waals surface area contributed by atoms with Crippen molar-refractivity contribution in [2.75, 3.05) is 53.6 Å². The molecule has 0 radical (unpaired) electrons. The van der Waals surface area contributed by atoms with Gasteiger partial charge in [-0.1, -0.05) is 0 Å². The van der Waals surface area contributed by atoms with Crippen LogP contribution >= 0.6 is 24.0 Å². The molecule has 0 unspecified atom stereocenters. The Balaban J connectivity index is 0.00000625. The van der Waals surface area contributed by atoms with Gasteiger partial charge in [0.15, 0.2) is 5.96 Å². The van der Waals surface area contributed by atoms with Crippen LogP contribution in [-0.4, -0.2) is 76.4 Å². The van der Waals surface area contributed by atoms with Crippen LogP contribution in [-0.2, 0) is 14.3 Å². The summed E-state index contributed by atoms with van der Waals surface area (Å²) in [7, 11) is 3.38. The molecule has 0 atom stereocenters. The third-order valence-corrected chi connectivity index (χ3v) is 4.39. The summed E-state index contributed by atoms with van der Waals surface area (Å²) >= 11 is 0. The predicted octanol–water partition coefficient (Wildman–Crippen LogP) is 1.86. The number of carbonyl (C=O) groups is 1. The van der Waals surface area contributed by atoms with Crippen molar-refractivity contribution in [2.24, 2.45) is 10.4 Å². The molecule has 1 amide bonds. The monoisotopic (exact) mass is 484 g/mol. The fraction of sp³-hybridized carbons (Fsp3) is 0.889. The van der Waals surface area contributed by atoms with E-state index in [4.69, 9.17) is 14.5 Å². The number of hydrogen-bond acceptors (Lipinski definition) is 4. The maximum Gasteiger partial charge on any atom is 0.227 e. The normalized spacial score (nSPS) is 16.2. The molecule has 2 N–H and O–H groups in total. The molecule has 0 aromatic carbocycles. The van der Waals surface area contributed by atoms with Crippen LogP contribution in [0.15, 0.2) is 4.99 Å². The first kappa shape index (κ1) is 25.4. The van der Waals surface area contributed by atoms with Crippen molar-refractivity contribution in [1.82, 2.24) is 15.5 Å². The lowest BCUT2D eigenvalue weighted by Crippen LogP contribution is -2.47. The summed E-state index contributed by atoms with van der Waals surface area (Å²) in [6, 6.07) is 0. The van der Waals surface area contributed by atoms with Crippen LogP contribution in [0.5, 0.6) is 0 Å². The van der Waals surface area contributed by atoms with E-state index in [9.17, 15) is 4.79 Å². The number of rotatable bonds is 9. The number of hydrogen-bond donors (Lipinski definition) is 2. The summed E-state index contributed by atoms with van der Waals surface area (Å²) in [4.78, 5) is 18.9. The van der Waals surface area contributed by atoms with E-state index < -0.39 is 5.41 Å². The molecule has 1 rings (SSSR count). The molecule has 8 heteroatoms. The first-order valence-corrected chi connectivity index (χ1v) is 9.30. The van der Waals surface area contributed by atoms with Crippen LogP contribution in [0.4, 0.5) is 0 Å². The highest BCUT2D eigenvalue weighted by molar-refractivity contribution is 14.0. The van der Waals surface area contributed by atoms with Crippen LogP contribution in [0.2, 0.25) is 0 Å². The molecular formula is C18H37IN4O3. The minimum Gasteiger partial charge on any atom is -0.385 e. The fourth-order valence-electron chi connectivity index (χ4n) is 2.80. The Morgan fingerprint density at radius 2 is 1.92 bits per heavy atom. The van der Waals surface area contributed by atoms with E-state index in [0.29, 0.717) is 12.6 Å². The van der Waals surface area contributed by atoms with Gasteiger partial charge in [0.2, 0.25) is 5.91 Å². The minimum atomic E-state index is -0.516. The molecule has 7 nitrogen and oxygen atoms in total. The molecule has 1 aliphatic rings. The van der Waals surface area contributed by atoms with Crippen LogP contribution in [0.25, 0.3) is 0 Å². The second-order valence-corrected chi connectivity index (χ2v) is 7.04. The van der Waals surface area contributed by atoms with Gasteiger partial charge in [0.05, 0.1) is 18.1 Å². The van der Waals surface area contributed by atoms with Gasteiger partial charge in [-0.3, -0.25) is 9.79 Å². The van der Waals surface area contributed by atoms with Crippen LogP contribution in [0, 0.1) is 5.41 Å². The number of nitrogens with zero attached hydrogens (tertiary/aromatic N) is 2. The lowest BCUT2D eigenvalue weighted by Gasteiger charge is -2.34.